The minimum Gasteiger partial charge on any atom is -0.344 e. The summed E-state index contributed by atoms with van der Waals surface area (Å²) in [6, 6.07) is -0.162. The van der Waals surface area contributed by atoms with Crippen LogP contribution in [-0.4, -0.2) is 48.9 Å². The largest absolute Gasteiger partial charge is 0.344 e. The fourth-order valence-corrected chi connectivity index (χ4v) is 1.91. The Hall–Kier alpha value is -1.10. The van der Waals surface area contributed by atoms with Crippen LogP contribution >= 0.6 is 0 Å². The maximum absolute atomic E-state index is 11.6. The molecule has 0 aromatic rings. The lowest BCUT2D eigenvalue weighted by atomic mass is 10.2. The van der Waals surface area contributed by atoms with Crippen LogP contribution in [-0.2, 0) is 9.59 Å². The van der Waals surface area contributed by atoms with Crippen molar-refractivity contribution in [1.82, 2.24) is 15.5 Å². The quantitative estimate of drug-likeness (QED) is 0.679. The zero-order valence-electron chi connectivity index (χ0n) is 10.2. The zero-order valence-corrected chi connectivity index (χ0v) is 10.2. The summed E-state index contributed by atoms with van der Waals surface area (Å²) in [5, 5.41) is 5.94. The molecule has 2 atom stereocenters. The van der Waals surface area contributed by atoms with Crippen LogP contribution in [0.2, 0.25) is 0 Å². The van der Waals surface area contributed by atoms with Crippen LogP contribution in [0.15, 0.2) is 0 Å². The van der Waals surface area contributed by atoms with E-state index in [1.165, 1.54) is 0 Å². The Bertz CT molecular complexity index is 268. The highest BCUT2D eigenvalue weighted by atomic mass is 16.2. The van der Waals surface area contributed by atoms with Gasteiger partial charge in [0.2, 0.25) is 11.8 Å². The number of hydrogen-bond donors (Lipinski definition) is 2. The van der Waals surface area contributed by atoms with Gasteiger partial charge in [0.05, 0.1) is 0 Å². The first-order valence-corrected chi connectivity index (χ1v) is 5.82. The summed E-state index contributed by atoms with van der Waals surface area (Å²) < 4.78 is 0. The minimum atomic E-state index is -0.314. The van der Waals surface area contributed by atoms with Crippen molar-refractivity contribution < 1.29 is 9.59 Å². The third-order valence-electron chi connectivity index (χ3n) is 2.81. The van der Waals surface area contributed by atoms with Gasteiger partial charge in [-0.25, -0.2) is 0 Å². The first kappa shape index (κ1) is 13.0. The highest BCUT2D eigenvalue weighted by Crippen LogP contribution is 2.08. The van der Waals surface area contributed by atoms with E-state index in [0.29, 0.717) is 6.42 Å². The van der Waals surface area contributed by atoms with Crippen molar-refractivity contribution in [2.24, 2.45) is 0 Å². The Morgan fingerprint density at radius 1 is 1.62 bits per heavy atom. The lowest BCUT2D eigenvalue weighted by Crippen LogP contribution is -2.42. The monoisotopic (exact) mass is 227 g/mol. The molecular formula is C11H21N3O2. The molecule has 2 amide bonds. The second kappa shape index (κ2) is 5.84. The fraction of sp³-hybridized carbons (Fsp3) is 0.818. The summed E-state index contributed by atoms with van der Waals surface area (Å²) in [4.78, 5) is 24.8. The van der Waals surface area contributed by atoms with Gasteiger partial charge in [-0.3, -0.25) is 9.59 Å². The van der Waals surface area contributed by atoms with Crippen LogP contribution in [0.25, 0.3) is 0 Å². The lowest BCUT2D eigenvalue weighted by molar-refractivity contribution is -0.131. The molecule has 0 aromatic carbocycles. The maximum Gasteiger partial charge on any atom is 0.244 e. The van der Waals surface area contributed by atoms with Crippen molar-refractivity contribution in [3.8, 4) is 0 Å². The molecule has 16 heavy (non-hydrogen) atoms. The van der Waals surface area contributed by atoms with Crippen LogP contribution < -0.4 is 10.6 Å². The molecule has 2 N–H and O–H groups in total. The van der Waals surface area contributed by atoms with Crippen LogP contribution in [0.3, 0.4) is 0 Å². The Morgan fingerprint density at radius 2 is 2.31 bits per heavy atom. The summed E-state index contributed by atoms with van der Waals surface area (Å²) in [7, 11) is 1.76. The molecule has 1 heterocycles. The number of likely N-dealkylation sites (tertiary alicyclic amines) is 1. The molecule has 0 radical (unpaired) electrons. The first-order chi connectivity index (χ1) is 7.54. The van der Waals surface area contributed by atoms with E-state index >= 15 is 0 Å². The van der Waals surface area contributed by atoms with Crippen molar-refractivity contribution >= 4 is 11.8 Å². The van der Waals surface area contributed by atoms with Gasteiger partial charge in [-0.15, -0.1) is 0 Å². The molecule has 1 fully saturated rings. The van der Waals surface area contributed by atoms with Gasteiger partial charge in [0.1, 0.15) is 6.04 Å². The number of rotatable bonds is 5. The molecule has 0 aromatic heterocycles. The molecule has 0 spiro atoms. The molecule has 1 saturated heterocycles. The van der Waals surface area contributed by atoms with Gasteiger partial charge in [0.15, 0.2) is 0 Å². The lowest BCUT2D eigenvalue weighted by Gasteiger charge is -2.15. The van der Waals surface area contributed by atoms with Gasteiger partial charge in [-0.1, -0.05) is 6.92 Å². The predicted octanol–water partition coefficient (Wildman–Crippen LogP) is -0.279. The van der Waals surface area contributed by atoms with Crippen LogP contribution in [0.4, 0.5) is 0 Å². The van der Waals surface area contributed by atoms with Crippen molar-refractivity contribution in [2.45, 2.75) is 38.8 Å². The highest BCUT2D eigenvalue weighted by Gasteiger charge is 2.30. The van der Waals surface area contributed by atoms with Crippen LogP contribution in [0, 0.1) is 0 Å². The van der Waals surface area contributed by atoms with E-state index in [4.69, 9.17) is 0 Å². The van der Waals surface area contributed by atoms with E-state index in [2.05, 4.69) is 10.6 Å². The molecule has 1 aliphatic heterocycles. The van der Waals surface area contributed by atoms with Crippen molar-refractivity contribution in [3.05, 3.63) is 0 Å². The minimum absolute atomic E-state index is 0.0180. The second-order valence-corrected chi connectivity index (χ2v) is 4.33. The van der Waals surface area contributed by atoms with Crippen LogP contribution in [0.5, 0.6) is 0 Å². The molecule has 1 aliphatic rings. The molecule has 0 bridgehead atoms. The van der Waals surface area contributed by atoms with Gasteiger partial charge in [-0.05, 0) is 19.9 Å². The maximum atomic E-state index is 11.6. The number of nitrogens with zero attached hydrogens (tertiary/aromatic N) is 1. The summed E-state index contributed by atoms with van der Waals surface area (Å²) in [6.07, 6.45) is 1.14. The van der Waals surface area contributed by atoms with Gasteiger partial charge in [0.25, 0.3) is 0 Å². The number of hydrogen-bond acceptors (Lipinski definition) is 3. The van der Waals surface area contributed by atoms with Crippen molar-refractivity contribution in [1.29, 1.82) is 0 Å². The Labute approximate surface area is 96.6 Å². The number of carbonyl (C=O) groups excluding carboxylic acids is 2. The van der Waals surface area contributed by atoms with Gasteiger partial charge in [-0.2, -0.15) is 0 Å². The van der Waals surface area contributed by atoms with Crippen LogP contribution in [0.1, 0.15) is 26.7 Å². The molecule has 5 heteroatoms. The summed E-state index contributed by atoms with van der Waals surface area (Å²) in [6.45, 7) is 5.54. The summed E-state index contributed by atoms with van der Waals surface area (Å²) >= 11 is 0. The molecular weight excluding hydrogens is 206 g/mol. The van der Waals surface area contributed by atoms with E-state index in [0.717, 1.165) is 19.5 Å². The van der Waals surface area contributed by atoms with Gasteiger partial charge >= 0.3 is 0 Å². The molecule has 92 valence electrons. The smallest absolute Gasteiger partial charge is 0.244 e. The Kier molecular flexibility index (Phi) is 4.73. The van der Waals surface area contributed by atoms with E-state index in [1.54, 1.807) is 11.9 Å². The molecule has 2 unspecified atom stereocenters. The van der Waals surface area contributed by atoms with Gasteiger partial charge in [0, 0.05) is 26.1 Å². The van der Waals surface area contributed by atoms with E-state index < -0.39 is 0 Å². The zero-order chi connectivity index (χ0) is 12.1. The van der Waals surface area contributed by atoms with Gasteiger partial charge < -0.3 is 15.5 Å². The third kappa shape index (κ3) is 3.48. The van der Waals surface area contributed by atoms with E-state index in [9.17, 15) is 9.59 Å². The van der Waals surface area contributed by atoms with E-state index in [1.807, 2.05) is 13.8 Å². The standard InChI is InChI=1S/C11H21N3O2/c1-4-12-8(2)7-10(15)13-9-5-6-14(3)11(9)16/h8-9,12H,4-7H2,1-3H3,(H,13,15). The third-order valence-corrected chi connectivity index (χ3v) is 2.81. The number of nitrogens with one attached hydrogen (secondary N) is 2. The molecule has 0 saturated carbocycles. The highest BCUT2D eigenvalue weighted by molar-refractivity contribution is 5.89. The molecule has 1 rings (SSSR count). The first-order valence-electron chi connectivity index (χ1n) is 5.82. The Morgan fingerprint density at radius 3 is 2.81 bits per heavy atom. The second-order valence-electron chi connectivity index (χ2n) is 4.33. The molecule has 0 aliphatic carbocycles. The normalized spacial score (nSPS) is 22.3. The van der Waals surface area contributed by atoms with Crippen molar-refractivity contribution in [2.75, 3.05) is 20.1 Å². The molecule has 5 nitrogen and oxygen atoms in total. The topological polar surface area (TPSA) is 61.4 Å². The SMILES string of the molecule is CCNC(C)CC(=O)NC1CCN(C)C1=O. The average Bonchev–Trinajstić information content (AvgIpc) is 2.50. The number of likely N-dealkylation sites (N-methyl/N-ethyl adjacent to an activating group) is 1. The number of carbonyl (C=O) groups is 2. The van der Waals surface area contributed by atoms with E-state index in [-0.39, 0.29) is 23.9 Å². The Balaban J connectivity index is 2.32. The number of amides is 2. The average molecular weight is 227 g/mol. The summed E-state index contributed by atoms with van der Waals surface area (Å²) in [5.74, 6) is -0.0356. The predicted molar refractivity (Wildman–Crippen MR) is 61.9 cm³/mol. The summed E-state index contributed by atoms with van der Waals surface area (Å²) in [5.41, 5.74) is 0. The fourth-order valence-electron chi connectivity index (χ4n) is 1.91. The van der Waals surface area contributed by atoms with Crippen molar-refractivity contribution in [3.63, 3.8) is 0 Å².